The van der Waals surface area contributed by atoms with Crippen LogP contribution in [0.4, 0.5) is 0 Å². The number of hydrogen-bond acceptors (Lipinski definition) is 1. The standard InChI is InChI=1S/C19H26O/c20-19-11-9-15(10-12-19)13-16-5-4-8-18(14-16)17-6-2-1-3-7-17/h4-6,8,14-15,19-20H,1-3,7,9-13H2. The molecule has 1 saturated carbocycles. The zero-order valence-electron chi connectivity index (χ0n) is 12.4. The van der Waals surface area contributed by atoms with Crippen molar-refractivity contribution in [1.82, 2.24) is 0 Å². The fraction of sp³-hybridized carbons (Fsp3) is 0.579. The van der Waals surface area contributed by atoms with Crippen molar-refractivity contribution < 1.29 is 5.11 Å². The predicted octanol–water partition coefficient (Wildman–Crippen LogP) is 4.74. The van der Waals surface area contributed by atoms with E-state index in [0.717, 1.165) is 18.8 Å². The molecule has 20 heavy (non-hydrogen) atoms. The van der Waals surface area contributed by atoms with E-state index in [0.29, 0.717) is 0 Å². The van der Waals surface area contributed by atoms with Gasteiger partial charge in [-0.3, -0.25) is 0 Å². The van der Waals surface area contributed by atoms with Crippen molar-refractivity contribution in [3.05, 3.63) is 41.5 Å². The fourth-order valence-electron chi connectivity index (χ4n) is 3.68. The molecule has 1 aromatic carbocycles. The molecule has 0 heterocycles. The van der Waals surface area contributed by atoms with Gasteiger partial charge in [0.2, 0.25) is 0 Å². The van der Waals surface area contributed by atoms with Gasteiger partial charge in [0.05, 0.1) is 6.10 Å². The number of aliphatic hydroxyl groups excluding tert-OH is 1. The summed E-state index contributed by atoms with van der Waals surface area (Å²) in [4.78, 5) is 0. The largest absolute Gasteiger partial charge is 0.393 e. The summed E-state index contributed by atoms with van der Waals surface area (Å²) >= 11 is 0. The van der Waals surface area contributed by atoms with Gasteiger partial charge in [0.1, 0.15) is 0 Å². The average molecular weight is 270 g/mol. The molecule has 2 aliphatic carbocycles. The molecule has 1 N–H and O–H groups in total. The first-order valence-corrected chi connectivity index (χ1v) is 8.27. The first-order chi connectivity index (χ1) is 9.81. The molecule has 1 heteroatoms. The van der Waals surface area contributed by atoms with E-state index in [2.05, 4.69) is 30.3 Å². The molecule has 2 aliphatic rings. The number of allylic oxidation sites excluding steroid dienone is 2. The van der Waals surface area contributed by atoms with Crippen LogP contribution in [0.5, 0.6) is 0 Å². The highest BCUT2D eigenvalue weighted by Gasteiger charge is 2.19. The topological polar surface area (TPSA) is 20.2 Å². The second kappa shape index (κ2) is 6.58. The van der Waals surface area contributed by atoms with Crippen LogP contribution in [-0.2, 0) is 6.42 Å². The van der Waals surface area contributed by atoms with Crippen molar-refractivity contribution in [3.63, 3.8) is 0 Å². The Morgan fingerprint density at radius 1 is 1.05 bits per heavy atom. The SMILES string of the molecule is OC1CCC(Cc2cccc(C3=CCCCC3)c2)CC1. The third-order valence-electron chi connectivity index (χ3n) is 4.93. The number of rotatable bonds is 3. The van der Waals surface area contributed by atoms with Crippen molar-refractivity contribution in [2.24, 2.45) is 5.92 Å². The lowest BCUT2D eigenvalue weighted by molar-refractivity contribution is 0.109. The maximum Gasteiger partial charge on any atom is 0.0540 e. The lowest BCUT2D eigenvalue weighted by Gasteiger charge is -2.25. The first-order valence-electron chi connectivity index (χ1n) is 8.27. The van der Waals surface area contributed by atoms with Gasteiger partial charge in [-0.15, -0.1) is 0 Å². The highest BCUT2D eigenvalue weighted by atomic mass is 16.3. The van der Waals surface area contributed by atoms with Crippen LogP contribution in [0.3, 0.4) is 0 Å². The minimum atomic E-state index is -0.0371. The van der Waals surface area contributed by atoms with E-state index in [1.165, 1.54) is 56.1 Å². The van der Waals surface area contributed by atoms with Crippen molar-refractivity contribution >= 4 is 5.57 Å². The van der Waals surface area contributed by atoms with Crippen LogP contribution in [-0.4, -0.2) is 11.2 Å². The molecule has 0 amide bonds. The monoisotopic (exact) mass is 270 g/mol. The number of aliphatic hydroxyl groups is 1. The Bertz CT molecular complexity index is 466. The van der Waals surface area contributed by atoms with Crippen LogP contribution in [0, 0.1) is 5.92 Å². The number of hydrogen-bond donors (Lipinski definition) is 1. The van der Waals surface area contributed by atoms with Crippen LogP contribution < -0.4 is 0 Å². The van der Waals surface area contributed by atoms with Crippen molar-refractivity contribution in [2.75, 3.05) is 0 Å². The average Bonchev–Trinajstić information content (AvgIpc) is 2.51. The highest BCUT2D eigenvalue weighted by Crippen LogP contribution is 2.30. The summed E-state index contributed by atoms with van der Waals surface area (Å²) in [6.07, 6.45) is 13.1. The third kappa shape index (κ3) is 3.52. The van der Waals surface area contributed by atoms with Crippen LogP contribution in [0.15, 0.2) is 30.3 Å². The molecule has 1 fully saturated rings. The van der Waals surface area contributed by atoms with Gasteiger partial charge in [-0.1, -0.05) is 30.3 Å². The van der Waals surface area contributed by atoms with Gasteiger partial charge < -0.3 is 5.11 Å². The van der Waals surface area contributed by atoms with Crippen molar-refractivity contribution in [2.45, 2.75) is 63.9 Å². The second-order valence-corrected chi connectivity index (χ2v) is 6.55. The minimum absolute atomic E-state index is 0.0371. The zero-order valence-corrected chi connectivity index (χ0v) is 12.4. The molecule has 0 saturated heterocycles. The molecule has 0 bridgehead atoms. The van der Waals surface area contributed by atoms with Gasteiger partial charge in [0.25, 0.3) is 0 Å². The zero-order chi connectivity index (χ0) is 13.8. The molecule has 1 nitrogen and oxygen atoms in total. The smallest absolute Gasteiger partial charge is 0.0540 e. The predicted molar refractivity (Wildman–Crippen MR) is 84.6 cm³/mol. The van der Waals surface area contributed by atoms with Gasteiger partial charge in [-0.05, 0) is 80.4 Å². The van der Waals surface area contributed by atoms with Gasteiger partial charge >= 0.3 is 0 Å². The Kier molecular flexibility index (Phi) is 4.57. The van der Waals surface area contributed by atoms with Crippen molar-refractivity contribution in [1.29, 1.82) is 0 Å². The molecule has 0 spiro atoms. The normalized spacial score (nSPS) is 27.1. The molecular formula is C19H26O. The molecule has 0 atom stereocenters. The lowest BCUT2D eigenvalue weighted by Crippen LogP contribution is -2.19. The van der Waals surface area contributed by atoms with Crippen LogP contribution >= 0.6 is 0 Å². The molecular weight excluding hydrogens is 244 g/mol. The molecule has 3 rings (SSSR count). The molecule has 0 unspecified atom stereocenters. The molecule has 1 aromatic rings. The molecule has 0 radical (unpaired) electrons. The van der Waals surface area contributed by atoms with E-state index in [1.54, 1.807) is 5.57 Å². The molecule has 108 valence electrons. The van der Waals surface area contributed by atoms with Crippen molar-refractivity contribution in [3.8, 4) is 0 Å². The van der Waals surface area contributed by atoms with Gasteiger partial charge in [-0.25, -0.2) is 0 Å². The Labute approximate surface area is 122 Å². The van der Waals surface area contributed by atoms with Crippen LogP contribution in [0.25, 0.3) is 5.57 Å². The van der Waals surface area contributed by atoms with E-state index in [-0.39, 0.29) is 6.10 Å². The Morgan fingerprint density at radius 2 is 1.90 bits per heavy atom. The maximum absolute atomic E-state index is 9.60. The van der Waals surface area contributed by atoms with Gasteiger partial charge in [-0.2, -0.15) is 0 Å². The fourth-order valence-corrected chi connectivity index (χ4v) is 3.68. The van der Waals surface area contributed by atoms with Crippen LogP contribution in [0.2, 0.25) is 0 Å². The van der Waals surface area contributed by atoms with E-state index >= 15 is 0 Å². The van der Waals surface area contributed by atoms with E-state index in [9.17, 15) is 5.11 Å². The number of benzene rings is 1. The second-order valence-electron chi connectivity index (χ2n) is 6.55. The molecule has 0 aromatic heterocycles. The summed E-state index contributed by atoms with van der Waals surface area (Å²) in [5.74, 6) is 0.772. The Morgan fingerprint density at radius 3 is 2.65 bits per heavy atom. The van der Waals surface area contributed by atoms with E-state index in [4.69, 9.17) is 0 Å². The maximum atomic E-state index is 9.60. The van der Waals surface area contributed by atoms with E-state index in [1.807, 2.05) is 0 Å². The highest BCUT2D eigenvalue weighted by molar-refractivity contribution is 5.66. The summed E-state index contributed by atoms with van der Waals surface area (Å²) < 4.78 is 0. The van der Waals surface area contributed by atoms with Gasteiger partial charge in [0, 0.05) is 0 Å². The van der Waals surface area contributed by atoms with Gasteiger partial charge in [0.15, 0.2) is 0 Å². The summed E-state index contributed by atoms with van der Waals surface area (Å²) in [7, 11) is 0. The summed E-state index contributed by atoms with van der Waals surface area (Å²) in [5, 5.41) is 9.60. The molecule has 0 aliphatic heterocycles. The van der Waals surface area contributed by atoms with E-state index < -0.39 is 0 Å². The lowest BCUT2D eigenvalue weighted by atomic mass is 9.83. The summed E-state index contributed by atoms with van der Waals surface area (Å²) in [5.41, 5.74) is 4.48. The summed E-state index contributed by atoms with van der Waals surface area (Å²) in [6, 6.07) is 9.17. The third-order valence-corrected chi connectivity index (χ3v) is 4.93. The van der Waals surface area contributed by atoms with Crippen LogP contribution in [0.1, 0.15) is 62.5 Å². The first kappa shape index (κ1) is 13.9. The Balaban J connectivity index is 1.66. The Hall–Kier alpha value is -1.08. The minimum Gasteiger partial charge on any atom is -0.393 e. The summed E-state index contributed by atoms with van der Waals surface area (Å²) in [6.45, 7) is 0. The quantitative estimate of drug-likeness (QED) is 0.841.